The highest BCUT2D eigenvalue weighted by Crippen LogP contribution is 2.39. The zero-order valence-electron chi connectivity index (χ0n) is 22.2. The average molecular weight is 548 g/mol. The van der Waals surface area contributed by atoms with Gasteiger partial charge in [-0.3, -0.25) is 9.52 Å². The van der Waals surface area contributed by atoms with Crippen molar-refractivity contribution in [3.05, 3.63) is 36.9 Å². The van der Waals surface area contributed by atoms with E-state index in [0.29, 0.717) is 17.9 Å². The Bertz CT molecular complexity index is 981. The largest absolute Gasteiger partial charge is 0.467 e. The number of ether oxygens (including phenoxy) is 2. The maximum absolute atomic E-state index is 12.7. The van der Waals surface area contributed by atoms with Gasteiger partial charge in [0.1, 0.15) is 12.1 Å². The van der Waals surface area contributed by atoms with Crippen molar-refractivity contribution in [2.45, 2.75) is 87.7 Å². The normalized spacial score (nSPS) is 20.1. The molecule has 0 saturated heterocycles. The van der Waals surface area contributed by atoms with Gasteiger partial charge in [-0.25, -0.2) is 13.8 Å². The number of rotatable bonds is 16. The first-order valence-electron chi connectivity index (χ1n) is 13.7. The molecule has 0 bridgehead atoms. The zero-order chi connectivity index (χ0) is 27.3. The smallest absolute Gasteiger partial charge is 0.408 e. The molecule has 0 heterocycles. The number of para-hydroxylation sites is 1. The van der Waals surface area contributed by atoms with Crippen LogP contribution in [-0.2, 0) is 30.0 Å². The van der Waals surface area contributed by atoms with Gasteiger partial charge in [-0.1, -0.05) is 43.9 Å². The Morgan fingerprint density at radius 1 is 1.11 bits per heavy atom. The summed E-state index contributed by atoms with van der Waals surface area (Å²) < 4.78 is 25.6. The van der Waals surface area contributed by atoms with Crippen LogP contribution in [-0.4, -0.2) is 48.0 Å². The molecule has 2 saturated carbocycles. The van der Waals surface area contributed by atoms with Crippen LogP contribution in [0.25, 0.3) is 0 Å². The van der Waals surface area contributed by atoms with Gasteiger partial charge in [0.2, 0.25) is 5.91 Å². The summed E-state index contributed by atoms with van der Waals surface area (Å²) in [5.41, 5.74) is 0.749. The summed E-state index contributed by atoms with van der Waals surface area (Å²) in [5, 5.41) is 6.00. The van der Waals surface area contributed by atoms with E-state index in [4.69, 9.17) is 9.47 Å². The molecule has 0 spiro atoms. The van der Waals surface area contributed by atoms with E-state index in [2.05, 4.69) is 21.9 Å². The number of carbonyl (C=O) groups is 3. The fraction of sp³-hybridized carbons (Fsp3) is 0.607. The number of hydrogen-bond acceptors (Lipinski definition) is 7. The van der Waals surface area contributed by atoms with Crippen LogP contribution in [0.5, 0.6) is 0 Å². The highest BCUT2D eigenvalue weighted by Gasteiger charge is 2.41. The molecule has 2 aliphatic rings. The third-order valence-corrected chi connectivity index (χ3v) is 8.24. The van der Waals surface area contributed by atoms with Crippen molar-refractivity contribution in [1.82, 2.24) is 10.0 Å². The van der Waals surface area contributed by atoms with Crippen molar-refractivity contribution < 1.29 is 28.1 Å². The molecule has 2 amide bonds. The molecular formula is C28H41N3O6S. The van der Waals surface area contributed by atoms with Gasteiger partial charge in [0, 0.05) is 12.5 Å². The van der Waals surface area contributed by atoms with E-state index in [1.165, 1.54) is 7.11 Å². The molecule has 1 aromatic rings. The number of alkyl carbamates (subject to hydrolysis) is 1. The van der Waals surface area contributed by atoms with Crippen molar-refractivity contribution in [1.29, 1.82) is 0 Å². The lowest BCUT2D eigenvalue weighted by atomic mass is 10.1. The Balaban J connectivity index is 1.31. The Kier molecular flexibility index (Phi) is 12.1. The molecule has 210 valence electrons. The van der Waals surface area contributed by atoms with E-state index >= 15 is 0 Å². The van der Waals surface area contributed by atoms with Crippen molar-refractivity contribution in [3.8, 4) is 0 Å². The van der Waals surface area contributed by atoms with Crippen LogP contribution in [0.4, 0.5) is 10.5 Å². The number of anilines is 1. The topological polar surface area (TPSA) is 123 Å². The number of benzene rings is 1. The maximum atomic E-state index is 12.7. The Labute approximate surface area is 228 Å². The fourth-order valence-corrected chi connectivity index (χ4v) is 5.71. The minimum atomic E-state index is -1.62. The predicted molar refractivity (Wildman–Crippen MR) is 147 cm³/mol. The van der Waals surface area contributed by atoms with Gasteiger partial charge in [-0.15, -0.1) is 6.58 Å². The molecule has 9 nitrogen and oxygen atoms in total. The van der Waals surface area contributed by atoms with Gasteiger partial charge in [-0.2, -0.15) is 0 Å². The first-order chi connectivity index (χ1) is 18.4. The van der Waals surface area contributed by atoms with E-state index in [1.807, 2.05) is 12.1 Å². The van der Waals surface area contributed by atoms with Crippen molar-refractivity contribution in [2.24, 2.45) is 11.8 Å². The number of unbranched alkanes of at least 4 members (excludes halogenated alkanes) is 4. The molecule has 38 heavy (non-hydrogen) atoms. The van der Waals surface area contributed by atoms with Crippen LogP contribution >= 0.6 is 0 Å². The first kappa shape index (κ1) is 29.7. The van der Waals surface area contributed by atoms with E-state index in [1.54, 1.807) is 18.2 Å². The molecule has 2 aliphatic carbocycles. The molecule has 0 aliphatic heterocycles. The van der Waals surface area contributed by atoms with Gasteiger partial charge in [-0.05, 0) is 63.0 Å². The van der Waals surface area contributed by atoms with Crippen LogP contribution < -0.4 is 15.4 Å². The summed E-state index contributed by atoms with van der Waals surface area (Å²) in [6, 6.07) is 6.59. The third kappa shape index (κ3) is 9.45. The van der Waals surface area contributed by atoms with Crippen LogP contribution in [0, 0.1) is 11.8 Å². The number of nitrogens with one attached hydrogen (secondary N) is 3. The predicted octanol–water partition coefficient (Wildman–Crippen LogP) is 4.61. The lowest BCUT2D eigenvalue weighted by molar-refractivity contribution is -0.143. The number of carbonyl (C=O) groups excluding carboxylic acids is 3. The van der Waals surface area contributed by atoms with E-state index in [0.717, 1.165) is 69.9 Å². The molecular weight excluding hydrogens is 506 g/mol. The van der Waals surface area contributed by atoms with E-state index < -0.39 is 29.1 Å². The summed E-state index contributed by atoms with van der Waals surface area (Å²) in [6.45, 7) is 4.42. The van der Waals surface area contributed by atoms with Crippen molar-refractivity contribution in [3.63, 3.8) is 0 Å². The summed E-state index contributed by atoms with van der Waals surface area (Å²) in [4.78, 5) is 37.0. The highest BCUT2D eigenvalue weighted by atomic mass is 32.2. The summed E-state index contributed by atoms with van der Waals surface area (Å²) in [5.74, 6) is -0.595. The molecule has 10 heteroatoms. The lowest BCUT2D eigenvalue weighted by Gasteiger charge is -2.18. The monoisotopic (exact) mass is 547 g/mol. The van der Waals surface area contributed by atoms with E-state index in [-0.39, 0.29) is 23.8 Å². The van der Waals surface area contributed by atoms with Gasteiger partial charge in [0.15, 0.2) is 11.0 Å². The highest BCUT2D eigenvalue weighted by molar-refractivity contribution is 7.83. The van der Waals surface area contributed by atoms with Gasteiger partial charge >= 0.3 is 12.1 Å². The van der Waals surface area contributed by atoms with Gasteiger partial charge < -0.3 is 20.1 Å². The second-order valence-corrected chi connectivity index (χ2v) is 11.2. The maximum Gasteiger partial charge on any atom is 0.408 e. The first-order valence-corrected chi connectivity index (χ1v) is 14.8. The van der Waals surface area contributed by atoms with Crippen LogP contribution in [0.3, 0.4) is 0 Å². The molecule has 0 aromatic heterocycles. The second-order valence-electron chi connectivity index (χ2n) is 9.99. The van der Waals surface area contributed by atoms with Crippen molar-refractivity contribution in [2.75, 3.05) is 19.0 Å². The molecule has 1 aromatic carbocycles. The van der Waals surface area contributed by atoms with Gasteiger partial charge in [0.25, 0.3) is 0 Å². The standard InChI is InChI=1S/C28H41N3O6S/c1-3-20-19-22(20)26(32)31-38(35)25-17-11-10-15-23(25)29-18-12-6-4-5-7-16-24(27(33)36-2)30-28(34)37-21-13-8-9-14-21/h3,10-11,15,17,20-22,24,29H,1,4-9,12-14,16,18-19H2,2H3,(H,30,34)(H,31,32)/t20-,22+,24+,38?/m1/s1. The Morgan fingerprint density at radius 3 is 2.53 bits per heavy atom. The molecule has 2 fully saturated rings. The molecule has 0 radical (unpaired) electrons. The Hall–Kier alpha value is -2.88. The second kappa shape index (κ2) is 15.5. The number of methoxy groups -OCH3 is 1. The fourth-order valence-electron chi connectivity index (χ4n) is 4.72. The molecule has 4 atom stereocenters. The van der Waals surface area contributed by atoms with Crippen molar-refractivity contribution >= 4 is 34.6 Å². The van der Waals surface area contributed by atoms with Crippen LogP contribution in [0.1, 0.15) is 70.6 Å². The quantitative estimate of drug-likeness (QED) is 0.157. The summed E-state index contributed by atoms with van der Waals surface area (Å²) in [6.07, 6.45) is 10.9. The number of allylic oxidation sites excluding steroid dienone is 1. The Morgan fingerprint density at radius 2 is 1.82 bits per heavy atom. The average Bonchev–Trinajstić information content (AvgIpc) is 3.55. The number of amides is 2. The van der Waals surface area contributed by atoms with Gasteiger partial charge in [0.05, 0.1) is 17.7 Å². The van der Waals surface area contributed by atoms with Crippen LogP contribution in [0.2, 0.25) is 0 Å². The number of hydrogen-bond donors (Lipinski definition) is 3. The number of esters is 1. The summed E-state index contributed by atoms with van der Waals surface area (Å²) >= 11 is 0. The minimum Gasteiger partial charge on any atom is -0.467 e. The molecule has 3 rings (SSSR count). The minimum absolute atomic E-state index is 0.0551. The van der Waals surface area contributed by atoms with Crippen LogP contribution in [0.15, 0.2) is 41.8 Å². The molecule has 3 N–H and O–H groups in total. The summed E-state index contributed by atoms with van der Waals surface area (Å²) in [7, 11) is -0.304. The third-order valence-electron chi connectivity index (χ3n) is 7.10. The lowest BCUT2D eigenvalue weighted by Crippen LogP contribution is -2.42. The van der Waals surface area contributed by atoms with E-state index in [9.17, 15) is 18.6 Å². The zero-order valence-corrected chi connectivity index (χ0v) is 23.1. The molecule has 1 unspecified atom stereocenters. The SMILES string of the molecule is C=C[C@@H]1C[C@@H]1C(=O)NS(=O)c1ccccc1NCCCCCCC[C@H](NC(=O)OC1CCCC1)C(=O)OC.